The van der Waals surface area contributed by atoms with Gasteiger partial charge in [0, 0.05) is 6.54 Å². The summed E-state index contributed by atoms with van der Waals surface area (Å²) in [4.78, 5) is 6.51. The van der Waals surface area contributed by atoms with Crippen LogP contribution in [0.4, 0.5) is 0 Å². The van der Waals surface area contributed by atoms with E-state index >= 15 is 0 Å². The van der Waals surface area contributed by atoms with Gasteiger partial charge in [0.15, 0.2) is 0 Å². The van der Waals surface area contributed by atoms with Crippen LogP contribution in [0, 0.1) is 5.92 Å². The monoisotopic (exact) mass is 171 g/mol. The van der Waals surface area contributed by atoms with Gasteiger partial charge in [-0.25, -0.2) is 0 Å². The van der Waals surface area contributed by atoms with Crippen molar-refractivity contribution >= 4 is 5.84 Å². The van der Waals surface area contributed by atoms with Crippen molar-refractivity contribution in [3.05, 3.63) is 0 Å². The Bertz CT molecular complexity index is 146. The molecule has 0 aliphatic heterocycles. The van der Waals surface area contributed by atoms with Gasteiger partial charge < -0.3 is 10.6 Å². The lowest BCUT2D eigenvalue weighted by molar-refractivity contribution is 0.332. The molecule has 0 heterocycles. The predicted molar refractivity (Wildman–Crippen MR) is 54.5 cm³/mol. The average Bonchev–Trinajstić information content (AvgIpc) is 1.83. The Kier molecular flexibility index (Phi) is 4.90. The Morgan fingerprint density at radius 2 is 1.92 bits per heavy atom. The molecule has 72 valence electrons. The first-order valence-corrected chi connectivity index (χ1v) is 4.38. The van der Waals surface area contributed by atoms with Crippen LogP contribution in [0.25, 0.3) is 0 Å². The summed E-state index contributed by atoms with van der Waals surface area (Å²) < 4.78 is 0. The van der Waals surface area contributed by atoms with Crippen LogP contribution in [-0.4, -0.2) is 37.4 Å². The molecule has 0 aliphatic rings. The summed E-state index contributed by atoms with van der Waals surface area (Å²) in [6, 6.07) is 0.324. The first-order chi connectivity index (χ1) is 5.43. The lowest BCUT2D eigenvalue weighted by Gasteiger charge is -2.20. The Labute approximate surface area is 75.7 Å². The molecule has 1 atom stereocenters. The fourth-order valence-corrected chi connectivity index (χ4v) is 1.04. The van der Waals surface area contributed by atoms with E-state index in [2.05, 4.69) is 37.8 Å². The zero-order valence-electron chi connectivity index (χ0n) is 8.83. The van der Waals surface area contributed by atoms with Crippen molar-refractivity contribution in [2.45, 2.75) is 26.8 Å². The molecule has 0 fully saturated rings. The minimum absolute atomic E-state index is 0.324. The Balaban J connectivity index is 4.15. The molecule has 0 saturated heterocycles. The third-order valence-electron chi connectivity index (χ3n) is 1.69. The van der Waals surface area contributed by atoms with E-state index in [9.17, 15) is 0 Å². The summed E-state index contributed by atoms with van der Waals surface area (Å²) in [7, 11) is 4.10. The van der Waals surface area contributed by atoms with Crippen molar-refractivity contribution in [3.8, 4) is 0 Å². The maximum atomic E-state index is 5.54. The van der Waals surface area contributed by atoms with Gasteiger partial charge in [0.2, 0.25) is 0 Å². The molecule has 1 unspecified atom stereocenters. The summed E-state index contributed by atoms with van der Waals surface area (Å²) in [5, 5.41) is 0. The summed E-state index contributed by atoms with van der Waals surface area (Å²) in [5.74, 6) is 1.22. The molecule has 0 spiro atoms. The highest BCUT2D eigenvalue weighted by molar-refractivity contribution is 5.77. The maximum Gasteiger partial charge on any atom is 0.0909 e. The topological polar surface area (TPSA) is 41.6 Å². The molecule has 0 bridgehead atoms. The second-order valence-electron chi connectivity index (χ2n) is 3.84. The van der Waals surface area contributed by atoms with Crippen molar-refractivity contribution in [2.24, 2.45) is 16.6 Å². The van der Waals surface area contributed by atoms with Gasteiger partial charge in [-0.05, 0) is 26.9 Å². The van der Waals surface area contributed by atoms with E-state index in [0.717, 1.165) is 6.54 Å². The van der Waals surface area contributed by atoms with E-state index in [1.165, 1.54) is 0 Å². The van der Waals surface area contributed by atoms with Crippen LogP contribution in [0.1, 0.15) is 20.8 Å². The van der Waals surface area contributed by atoms with Gasteiger partial charge in [-0.1, -0.05) is 13.8 Å². The molecule has 0 aromatic rings. The number of hydrogen-bond donors (Lipinski definition) is 1. The fraction of sp³-hybridized carbons (Fsp3) is 0.889. The van der Waals surface area contributed by atoms with Crippen molar-refractivity contribution in [3.63, 3.8) is 0 Å². The highest BCUT2D eigenvalue weighted by Crippen LogP contribution is 2.06. The molecule has 0 radical (unpaired) electrons. The normalized spacial score (nSPS) is 15.8. The first kappa shape index (κ1) is 11.4. The van der Waals surface area contributed by atoms with Crippen LogP contribution in [-0.2, 0) is 0 Å². The van der Waals surface area contributed by atoms with Gasteiger partial charge in [-0.3, -0.25) is 4.99 Å². The van der Waals surface area contributed by atoms with Crippen molar-refractivity contribution in [1.82, 2.24) is 4.90 Å². The molecule has 2 N–H and O–H groups in total. The zero-order valence-corrected chi connectivity index (χ0v) is 8.83. The van der Waals surface area contributed by atoms with Gasteiger partial charge in [0.05, 0.1) is 11.9 Å². The van der Waals surface area contributed by atoms with Crippen LogP contribution < -0.4 is 5.73 Å². The third kappa shape index (κ3) is 5.13. The fourth-order valence-electron chi connectivity index (χ4n) is 1.04. The van der Waals surface area contributed by atoms with Gasteiger partial charge >= 0.3 is 0 Å². The van der Waals surface area contributed by atoms with Gasteiger partial charge in [0.25, 0.3) is 0 Å². The summed E-state index contributed by atoms with van der Waals surface area (Å²) >= 11 is 0. The summed E-state index contributed by atoms with van der Waals surface area (Å²) in [6.07, 6.45) is 0. The molecule has 3 nitrogen and oxygen atoms in total. The van der Waals surface area contributed by atoms with Gasteiger partial charge in [0.1, 0.15) is 0 Å². The van der Waals surface area contributed by atoms with Crippen LogP contribution in [0.5, 0.6) is 0 Å². The Hall–Kier alpha value is -0.570. The van der Waals surface area contributed by atoms with E-state index in [-0.39, 0.29) is 0 Å². The Morgan fingerprint density at radius 3 is 2.17 bits per heavy atom. The minimum Gasteiger partial charge on any atom is -0.388 e. The van der Waals surface area contributed by atoms with E-state index in [1.807, 2.05) is 6.92 Å². The highest BCUT2D eigenvalue weighted by atomic mass is 15.1. The van der Waals surface area contributed by atoms with Crippen LogP contribution in [0.15, 0.2) is 4.99 Å². The van der Waals surface area contributed by atoms with Crippen LogP contribution >= 0.6 is 0 Å². The SMILES string of the molecule is CC(N)=NC(CN(C)C)C(C)C. The molecule has 3 heteroatoms. The number of nitrogens with zero attached hydrogens (tertiary/aromatic N) is 2. The number of likely N-dealkylation sites (N-methyl/N-ethyl adjacent to an activating group) is 1. The Morgan fingerprint density at radius 1 is 1.42 bits per heavy atom. The van der Waals surface area contributed by atoms with Crippen molar-refractivity contribution < 1.29 is 0 Å². The van der Waals surface area contributed by atoms with Crippen LogP contribution in [0.3, 0.4) is 0 Å². The largest absolute Gasteiger partial charge is 0.388 e. The predicted octanol–water partition coefficient (Wildman–Crippen LogP) is 0.950. The third-order valence-corrected chi connectivity index (χ3v) is 1.69. The highest BCUT2D eigenvalue weighted by Gasteiger charge is 2.12. The molecule has 0 aromatic carbocycles. The number of rotatable bonds is 4. The number of aliphatic imine (C=N–C) groups is 1. The lowest BCUT2D eigenvalue weighted by Crippen LogP contribution is -2.30. The van der Waals surface area contributed by atoms with Gasteiger partial charge in [-0.15, -0.1) is 0 Å². The molecule has 12 heavy (non-hydrogen) atoms. The standard InChI is InChI=1S/C9H21N3/c1-7(2)9(6-12(4)5)11-8(3)10/h7,9H,6H2,1-5H3,(H2,10,11). The van der Waals surface area contributed by atoms with Gasteiger partial charge in [-0.2, -0.15) is 0 Å². The van der Waals surface area contributed by atoms with E-state index in [1.54, 1.807) is 0 Å². The number of hydrogen-bond acceptors (Lipinski definition) is 2. The van der Waals surface area contributed by atoms with Crippen molar-refractivity contribution in [2.75, 3.05) is 20.6 Å². The molecule has 0 rings (SSSR count). The molecule has 0 aromatic heterocycles. The lowest BCUT2D eigenvalue weighted by atomic mass is 10.1. The van der Waals surface area contributed by atoms with Crippen LogP contribution in [0.2, 0.25) is 0 Å². The molecule has 0 aliphatic carbocycles. The molecule has 0 saturated carbocycles. The average molecular weight is 171 g/mol. The number of nitrogens with two attached hydrogens (primary N) is 1. The second-order valence-corrected chi connectivity index (χ2v) is 3.84. The number of amidine groups is 1. The summed E-state index contributed by atoms with van der Waals surface area (Å²) in [5.41, 5.74) is 5.54. The second kappa shape index (κ2) is 5.14. The summed E-state index contributed by atoms with van der Waals surface area (Å²) in [6.45, 7) is 7.14. The smallest absolute Gasteiger partial charge is 0.0909 e. The van der Waals surface area contributed by atoms with E-state index in [4.69, 9.17) is 5.73 Å². The van der Waals surface area contributed by atoms with E-state index in [0.29, 0.717) is 17.8 Å². The quantitative estimate of drug-likeness (QED) is 0.505. The molecular weight excluding hydrogens is 150 g/mol. The first-order valence-electron chi connectivity index (χ1n) is 4.38. The zero-order chi connectivity index (χ0) is 9.72. The molecular formula is C9H21N3. The van der Waals surface area contributed by atoms with E-state index < -0.39 is 0 Å². The van der Waals surface area contributed by atoms with Crippen molar-refractivity contribution in [1.29, 1.82) is 0 Å². The maximum absolute atomic E-state index is 5.54. The minimum atomic E-state index is 0.324. The molecule has 0 amide bonds.